The van der Waals surface area contributed by atoms with Gasteiger partial charge in [0.15, 0.2) is 9.35 Å². The Bertz CT molecular complexity index is 257. The van der Waals surface area contributed by atoms with Gasteiger partial charge in [-0.2, -0.15) is 0 Å². The molecule has 0 saturated heterocycles. The summed E-state index contributed by atoms with van der Waals surface area (Å²) < 4.78 is 1.79. The third-order valence-electron chi connectivity index (χ3n) is 0.941. The predicted molar refractivity (Wildman–Crippen MR) is 56.9 cm³/mol. The molecule has 1 aromatic heterocycles. The molecule has 0 saturated carbocycles. The molecule has 0 aromatic carbocycles. The Morgan fingerprint density at radius 3 is 2.64 bits per heavy atom. The third-order valence-corrected chi connectivity index (χ3v) is 4.37. The second-order valence-electron chi connectivity index (χ2n) is 1.57. The molecule has 0 atom stereocenters. The van der Waals surface area contributed by atoms with Crippen molar-refractivity contribution in [1.29, 1.82) is 0 Å². The highest BCUT2D eigenvalue weighted by Crippen LogP contribution is 2.22. The molecule has 0 radical (unpaired) electrons. The lowest BCUT2D eigenvalue weighted by Crippen LogP contribution is -1.87. The molecule has 11 heavy (non-hydrogen) atoms. The normalized spacial score (nSPS) is 10.0. The van der Waals surface area contributed by atoms with Crippen LogP contribution in [0.2, 0.25) is 0 Å². The number of hydrogen-bond donors (Lipinski definition) is 0. The highest BCUT2D eigenvalue weighted by molar-refractivity contribution is 8.23. The number of rotatable bonds is 2. The standard InChI is InChI=1S/C5H6N2S4/c1-9-4(8)3-6-7-5(10-2)11-3/h1-2H3. The summed E-state index contributed by atoms with van der Waals surface area (Å²) >= 11 is 9.71. The smallest absolute Gasteiger partial charge is 0.136 e. The Morgan fingerprint density at radius 1 is 1.45 bits per heavy atom. The van der Waals surface area contributed by atoms with Crippen molar-refractivity contribution < 1.29 is 0 Å². The molecule has 60 valence electrons. The van der Waals surface area contributed by atoms with Crippen molar-refractivity contribution in [2.24, 2.45) is 0 Å². The van der Waals surface area contributed by atoms with Gasteiger partial charge in [-0.1, -0.05) is 35.3 Å². The van der Waals surface area contributed by atoms with Crippen molar-refractivity contribution in [3.63, 3.8) is 0 Å². The van der Waals surface area contributed by atoms with E-state index in [1.54, 1.807) is 23.1 Å². The molecule has 0 amide bonds. The van der Waals surface area contributed by atoms with E-state index in [0.29, 0.717) is 0 Å². The molecule has 1 rings (SSSR count). The Morgan fingerprint density at radius 2 is 2.18 bits per heavy atom. The molecule has 0 aliphatic heterocycles. The zero-order valence-electron chi connectivity index (χ0n) is 6.03. The summed E-state index contributed by atoms with van der Waals surface area (Å²) in [5.41, 5.74) is 0. The summed E-state index contributed by atoms with van der Waals surface area (Å²) in [6, 6.07) is 0. The first-order chi connectivity index (χ1) is 5.27. The maximum absolute atomic E-state index is 5.04. The summed E-state index contributed by atoms with van der Waals surface area (Å²) in [5, 5.41) is 8.74. The van der Waals surface area contributed by atoms with Crippen LogP contribution < -0.4 is 0 Å². The quantitative estimate of drug-likeness (QED) is 0.565. The van der Waals surface area contributed by atoms with Crippen LogP contribution in [0.5, 0.6) is 0 Å². The van der Waals surface area contributed by atoms with Gasteiger partial charge in [-0.25, -0.2) is 0 Å². The summed E-state index contributed by atoms with van der Waals surface area (Å²) in [4.78, 5) is 0. The summed E-state index contributed by atoms with van der Waals surface area (Å²) in [6.45, 7) is 0. The van der Waals surface area contributed by atoms with Crippen LogP contribution in [0.25, 0.3) is 0 Å². The number of thiocarbonyl (C=S) groups is 1. The molecule has 0 unspecified atom stereocenters. The van der Waals surface area contributed by atoms with E-state index in [1.807, 2.05) is 12.5 Å². The molecule has 0 bridgehead atoms. The first kappa shape index (κ1) is 9.44. The highest BCUT2D eigenvalue weighted by atomic mass is 32.2. The van der Waals surface area contributed by atoms with Crippen LogP contribution in [0.3, 0.4) is 0 Å². The molecule has 0 fully saturated rings. The molecular weight excluding hydrogens is 216 g/mol. The van der Waals surface area contributed by atoms with Gasteiger partial charge in [0, 0.05) is 0 Å². The van der Waals surface area contributed by atoms with E-state index < -0.39 is 0 Å². The Balaban J connectivity index is 2.80. The van der Waals surface area contributed by atoms with Gasteiger partial charge in [0.2, 0.25) is 0 Å². The highest BCUT2D eigenvalue weighted by Gasteiger charge is 2.06. The van der Waals surface area contributed by atoms with Gasteiger partial charge in [0.05, 0.1) is 0 Å². The van der Waals surface area contributed by atoms with E-state index in [2.05, 4.69) is 10.2 Å². The molecule has 0 N–H and O–H groups in total. The van der Waals surface area contributed by atoms with Gasteiger partial charge in [-0.3, -0.25) is 0 Å². The first-order valence-electron chi connectivity index (χ1n) is 2.73. The van der Waals surface area contributed by atoms with Gasteiger partial charge >= 0.3 is 0 Å². The predicted octanol–water partition coefficient (Wildman–Crippen LogP) is 2.30. The monoisotopic (exact) mass is 222 g/mol. The average Bonchev–Trinajstić information content (AvgIpc) is 2.50. The molecular formula is C5H6N2S4. The van der Waals surface area contributed by atoms with E-state index in [1.165, 1.54) is 11.8 Å². The minimum absolute atomic E-state index is 0.822. The lowest BCUT2D eigenvalue weighted by molar-refractivity contribution is 1.01. The van der Waals surface area contributed by atoms with E-state index in [9.17, 15) is 0 Å². The summed E-state index contributed by atoms with van der Waals surface area (Å²) in [6.07, 6.45) is 3.93. The van der Waals surface area contributed by atoms with Crippen LogP contribution in [0.15, 0.2) is 4.34 Å². The minimum atomic E-state index is 0.822. The summed E-state index contributed by atoms with van der Waals surface area (Å²) in [7, 11) is 0. The second-order valence-corrected chi connectivity index (χ2v) is 5.08. The SMILES string of the molecule is CSC(=S)c1nnc(SC)s1. The molecule has 2 nitrogen and oxygen atoms in total. The fourth-order valence-corrected chi connectivity index (χ4v) is 2.32. The van der Waals surface area contributed by atoms with E-state index in [-0.39, 0.29) is 0 Å². The van der Waals surface area contributed by atoms with Gasteiger partial charge in [0.25, 0.3) is 0 Å². The van der Waals surface area contributed by atoms with Gasteiger partial charge < -0.3 is 0 Å². The molecule has 1 aromatic rings. The topological polar surface area (TPSA) is 25.8 Å². The fraction of sp³-hybridized carbons (Fsp3) is 0.400. The van der Waals surface area contributed by atoms with Crippen LogP contribution in [-0.4, -0.2) is 26.9 Å². The van der Waals surface area contributed by atoms with Crippen molar-refractivity contribution in [1.82, 2.24) is 10.2 Å². The van der Waals surface area contributed by atoms with Gasteiger partial charge in [-0.15, -0.1) is 22.0 Å². The van der Waals surface area contributed by atoms with E-state index in [4.69, 9.17) is 12.2 Å². The van der Waals surface area contributed by atoms with Crippen molar-refractivity contribution in [3.05, 3.63) is 5.01 Å². The van der Waals surface area contributed by atoms with Crippen LogP contribution >= 0.6 is 47.1 Å². The van der Waals surface area contributed by atoms with Crippen molar-refractivity contribution in [3.8, 4) is 0 Å². The van der Waals surface area contributed by atoms with Crippen molar-refractivity contribution in [2.45, 2.75) is 4.34 Å². The lowest BCUT2D eigenvalue weighted by atomic mass is 10.8. The van der Waals surface area contributed by atoms with Crippen LogP contribution in [0.1, 0.15) is 5.01 Å². The van der Waals surface area contributed by atoms with Crippen molar-refractivity contribution >= 4 is 51.3 Å². The van der Waals surface area contributed by atoms with Crippen LogP contribution in [0.4, 0.5) is 0 Å². The Labute approximate surface area is 83.2 Å². The zero-order chi connectivity index (χ0) is 8.27. The van der Waals surface area contributed by atoms with Crippen molar-refractivity contribution in [2.75, 3.05) is 12.5 Å². The average molecular weight is 222 g/mol. The molecule has 0 aliphatic carbocycles. The fourth-order valence-electron chi connectivity index (χ4n) is 0.462. The third kappa shape index (κ3) is 2.40. The van der Waals surface area contributed by atoms with E-state index in [0.717, 1.165) is 13.5 Å². The first-order valence-corrected chi connectivity index (χ1v) is 6.41. The van der Waals surface area contributed by atoms with Crippen LogP contribution in [-0.2, 0) is 0 Å². The number of thioether (sulfide) groups is 2. The van der Waals surface area contributed by atoms with Crippen LogP contribution in [0, 0.1) is 0 Å². The lowest BCUT2D eigenvalue weighted by Gasteiger charge is -1.87. The van der Waals surface area contributed by atoms with Gasteiger partial charge in [-0.05, 0) is 12.5 Å². The number of hydrogen-bond acceptors (Lipinski definition) is 6. The largest absolute Gasteiger partial charge is 0.174 e. The number of nitrogens with zero attached hydrogens (tertiary/aromatic N) is 2. The molecule has 0 aliphatic rings. The van der Waals surface area contributed by atoms with E-state index >= 15 is 0 Å². The second kappa shape index (κ2) is 4.39. The Hall–Kier alpha value is 0.350. The number of aromatic nitrogens is 2. The zero-order valence-corrected chi connectivity index (χ0v) is 9.29. The summed E-state index contributed by atoms with van der Waals surface area (Å²) in [5.74, 6) is 0. The molecule has 6 heteroatoms. The molecule has 0 spiro atoms. The maximum Gasteiger partial charge on any atom is 0.174 e. The van der Waals surface area contributed by atoms with Gasteiger partial charge in [0.1, 0.15) is 4.20 Å². The maximum atomic E-state index is 5.04. The Kier molecular flexibility index (Phi) is 3.77. The molecule has 1 heterocycles. The minimum Gasteiger partial charge on any atom is -0.136 e.